The fourth-order valence-electron chi connectivity index (χ4n) is 3.54. The number of piperidine rings is 1. The number of thioether (sulfide) groups is 1. The SMILES string of the molecule is COc1cc(SC)ccc1NC(=O)N1CCCC(N2CCCS2(=O)=O)C1. The summed E-state index contributed by atoms with van der Waals surface area (Å²) in [5.41, 5.74) is 0.617. The molecule has 1 N–H and O–H groups in total. The number of amides is 2. The van der Waals surface area contributed by atoms with Crippen molar-refractivity contribution in [3.8, 4) is 5.75 Å². The lowest BCUT2D eigenvalue weighted by Gasteiger charge is -2.36. The van der Waals surface area contributed by atoms with Gasteiger partial charge >= 0.3 is 6.03 Å². The van der Waals surface area contributed by atoms with E-state index < -0.39 is 10.0 Å². The van der Waals surface area contributed by atoms with E-state index in [1.54, 1.807) is 28.1 Å². The molecule has 3 rings (SSSR count). The molecule has 2 fully saturated rings. The number of benzene rings is 1. The predicted molar refractivity (Wildman–Crippen MR) is 103 cm³/mol. The molecule has 2 aliphatic heterocycles. The molecule has 0 aromatic heterocycles. The van der Waals surface area contributed by atoms with Gasteiger partial charge in [-0.2, -0.15) is 4.31 Å². The molecule has 1 aromatic rings. The van der Waals surface area contributed by atoms with Crippen LogP contribution in [-0.2, 0) is 10.0 Å². The highest BCUT2D eigenvalue weighted by Crippen LogP contribution is 2.30. The van der Waals surface area contributed by atoms with Crippen LogP contribution in [0.15, 0.2) is 23.1 Å². The predicted octanol–water partition coefficient (Wildman–Crippen LogP) is 2.45. The van der Waals surface area contributed by atoms with Gasteiger partial charge in [-0.25, -0.2) is 13.2 Å². The number of urea groups is 1. The van der Waals surface area contributed by atoms with E-state index in [0.717, 1.165) is 17.7 Å². The molecule has 2 aliphatic rings. The molecule has 26 heavy (non-hydrogen) atoms. The molecule has 0 bridgehead atoms. The van der Waals surface area contributed by atoms with Gasteiger partial charge in [0.1, 0.15) is 5.75 Å². The van der Waals surface area contributed by atoms with Gasteiger partial charge in [-0.05, 0) is 43.7 Å². The van der Waals surface area contributed by atoms with Crippen molar-refractivity contribution in [3.63, 3.8) is 0 Å². The zero-order chi connectivity index (χ0) is 18.7. The van der Waals surface area contributed by atoms with Crippen LogP contribution in [0.3, 0.4) is 0 Å². The molecule has 0 radical (unpaired) electrons. The number of sulfonamides is 1. The number of hydrogen-bond donors (Lipinski definition) is 1. The van der Waals surface area contributed by atoms with Crippen LogP contribution in [0.1, 0.15) is 19.3 Å². The maximum Gasteiger partial charge on any atom is 0.322 e. The highest BCUT2D eigenvalue weighted by Gasteiger charge is 2.37. The van der Waals surface area contributed by atoms with Crippen LogP contribution >= 0.6 is 11.8 Å². The van der Waals surface area contributed by atoms with Crippen molar-refractivity contribution < 1.29 is 17.9 Å². The van der Waals surface area contributed by atoms with Crippen LogP contribution in [0.5, 0.6) is 5.75 Å². The lowest BCUT2D eigenvalue weighted by molar-refractivity contribution is 0.163. The monoisotopic (exact) mass is 399 g/mol. The van der Waals surface area contributed by atoms with E-state index in [9.17, 15) is 13.2 Å². The van der Waals surface area contributed by atoms with E-state index in [4.69, 9.17) is 4.74 Å². The van der Waals surface area contributed by atoms with Crippen molar-refractivity contribution in [1.82, 2.24) is 9.21 Å². The van der Waals surface area contributed by atoms with E-state index in [0.29, 0.717) is 37.5 Å². The normalized spacial score (nSPS) is 23.0. The van der Waals surface area contributed by atoms with Gasteiger partial charge in [0.15, 0.2) is 0 Å². The molecule has 1 aromatic carbocycles. The Bertz CT molecular complexity index is 769. The summed E-state index contributed by atoms with van der Waals surface area (Å²) in [5, 5.41) is 2.90. The van der Waals surface area contributed by atoms with E-state index >= 15 is 0 Å². The topological polar surface area (TPSA) is 79.0 Å². The van der Waals surface area contributed by atoms with Crippen molar-refractivity contribution in [2.24, 2.45) is 0 Å². The summed E-state index contributed by atoms with van der Waals surface area (Å²) in [6.07, 6.45) is 4.25. The summed E-state index contributed by atoms with van der Waals surface area (Å²) in [6, 6.07) is 5.30. The number of rotatable bonds is 4. The molecule has 7 nitrogen and oxygen atoms in total. The molecule has 0 aliphatic carbocycles. The molecule has 2 amide bonds. The fraction of sp³-hybridized carbons (Fsp3) is 0.588. The standard InChI is InChI=1S/C17H25N3O4S2/c1-24-16-11-14(25-2)6-7-15(16)18-17(21)19-8-3-5-13(12-19)20-9-4-10-26(20,22)23/h6-7,11,13H,3-5,8-10,12H2,1-2H3,(H,18,21). The van der Waals surface area contributed by atoms with Crippen LogP contribution in [0.25, 0.3) is 0 Å². The zero-order valence-corrected chi connectivity index (χ0v) is 16.7. The number of nitrogens with one attached hydrogen (secondary N) is 1. The molecule has 9 heteroatoms. The summed E-state index contributed by atoms with van der Waals surface area (Å²) in [5.74, 6) is 0.829. The van der Waals surface area contributed by atoms with Gasteiger partial charge in [0.25, 0.3) is 0 Å². The zero-order valence-electron chi connectivity index (χ0n) is 15.1. The average Bonchev–Trinajstić information content (AvgIpc) is 3.01. The molecule has 1 unspecified atom stereocenters. The first kappa shape index (κ1) is 19.3. The number of carbonyl (C=O) groups is 1. The molecular formula is C17H25N3O4S2. The molecule has 0 saturated carbocycles. The first-order valence-electron chi connectivity index (χ1n) is 8.72. The van der Waals surface area contributed by atoms with Gasteiger partial charge in [-0.1, -0.05) is 0 Å². The molecule has 2 saturated heterocycles. The van der Waals surface area contributed by atoms with Crippen molar-refractivity contribution in [2.45, 2.75) is 30.2 Å². The maximum atomic E-state index is 12.7. The summed E-state index contributed by atoms with van der Waals surface area (Å²) in [7, 11) is -1.59. The summed E-state index contributed by atoms with van der Waals surface area (Å²) in [6.45, 7) is 1.62. The molecule has 1 atom stereocenters. The summed E-state index contributed by atoms with van der Waals surface area (Å²) < 4.78 is 31.3. The first-order chi connectivity index (χ1) is 12.4. The third-order valence-corrected chi connectivity index (χ3v) is 7.60. The van der Waals surface area contributed by atoms with E-state index in [1.807, 2.05) is 24.5 Å². The van der Waals surface area contributed by atoms with Crippen LogP contribution in [0, 0.1) is 0 Å². The van der Waals surface area contributed by atoms with Gasteiger partial charge < -0.3 is 15.0 Å². The number of ether oxygens (including phenoxy) is 1. The Kier molecular flexibility index (Phi) is 5.99. The third-order valence-electron chi connectivity index (χ3n) is 4.88. The van der Waals surface area contributed by atoms with E-state index in [2.05, 4.69) is 5.32 Å². The average molecular weight is 400 g/mol. The smallest absolute Gasteiger partial charge is 0.322 e. The molecular weight excluding hydrogens is 374 g/mol. The van der Waals surface area contributed by atoms with Crippen molar-refractivity contribution in [2.75, 3.05) is 44.1 Å². The minimum absolute atomic E-state index is 0.122. The second-order valence-corrected chi connectivity index (χ2v) is 9.44. The lowest BCUT2D eigenvalue weighted by atomic mass is 10.1. The number of methoxy groups -OCH3 is 1. The Morgan fingerprint density at radius 2 is 2.12 bits per heavy atom. The summed E-state index contributed by atoms with van der Waals surface area (Å²) >= 11 is 1.60. The molecule has 0 spiro atoms. The van der Waals surface area contributed by atoms with Gasteiger partial charge in [0, 0.05) is 30.6 Å². The van der Waals surface area contributed by atoms with Crippen LogP contribution in [0.2, 0.25) is 0 Å². The van der Waals surface area contributed by atoms with E-state index in [-0.39, 0.29) is 17.8 Å². The van der Waals surface area contributed by atoms with Crippen LogP contribution in [0.4, 0.5) is 10.5 Å². The Labute approximate surface area is 159 Å². The van der Waals surface area contributed by atoms with Crippen molar-refractivity contribution >= 4 is 33.5 Å². The second-order valence-electron chi connectivity index (χ2n) is 6.52. The van der Waals surface area contributed by atoms with Crippen molar-refractivity contribution in [3.05, 3.63) is 18.2 Å². The largest absolute Gasteiger partial charge is 0.495 e. The number of likely N-dealkylation sites (tertiary alicyclic amines) is 1. The molecule has 144 valence electrons. The lowest BCUT2D eigenvalue weighted by Crippen LogP contribution is -2.51. The quantitative estimate of drug-likeness (QED) is 0.787. The van der Waals surface area contributed by atoms with Gasteiger partial charge in [-0.3, -0.25) is 0 Å². The fourth-order valence-corrected chi connectivity index (χ4v) is 5.73. The third kappa shape index (κ3) is 4.10. The second kappa shape index (κ2) is 8.06. The van der Waals surface area contributed by atoms with Gasteiger partial charge in [0.2, 0.25) is 10.0 Å². The number of nitrogens with zero attached hydrogens (tertiary/aromatic N) is 2. The van der Waals surface area contributed by atoms with Gasteiger partial charge in [-0.15, -0.1) is 11.8 Å². The number of hydrogen-bond acceptors (Lipinski definition) is 5. The minimum atomic E-state index is -3.16. The molecule has 2 heterocycles. The van der Waals surface area contributed by atoms with Crippen LogP contribution in [-0.4, -0.2) is 68.4 Å². The highest BCUT2D eigenvalue weighted by atomic mass is 32.2. The van der Waals surface area contributed by atoms with Crippen LogP contribution < -0.4 is 10.1 Å². The Morgan fingerprint density at radius 3 is 2.77 bits per heavy atom. The Morgan fingerprint density at radius 1 is 1.31 bits per heavy atom. The van der Waals surface area contributed by atoms with Gasteiger partial charge in [0.05, 0.1) is 18.6 Å². The Balaban J connectivity index is 1.68. The summed E-state index contributed by atoms with van der Waals surface area (Å²) in [4.78, 5) is 15.4. The number of carbonyl (C=O) groups excluding carboxylic acids is 1. The number of anilines is 1. The van der Waals surface area contributed by atoms with E-state index in [1.165, 1.54) is 0 Å². The highest BCUT2D eigenvalue weighted by molar-refractivity contribution is 7.98. The minimum Gasteiger partial charge on any atom is -0.495 e. The maximum absolute atomic E-state index is 12.7. The first-order valence-corrected chi connectivity index (χ1v) is 11.6. The Hall–Kier alpha value is -1.45. The van der Waals surface area contributed by atoms with Crippen molar-refractivity contribution in [1.29, 1.82) is 0 Å².